The number of amides is 1. The topological polar surface area (TPSA) is 69.8 Å². The Labute approximate surface area is 113 Å². The predicted molar refractivity (Wildman–Crippen MR) is 67.6 cm³/mol. The summed E-state index contributed by atoms with van der Waals surface area (Å²) in [6.07, 6.45) is -4.29. The van der Waals surface area contributed by atoms with E-state index < -0.39 is 17.8 Å². The summed E-state index contributed by atoms with van der Waals surface area (Å²) >= 11 is 0. The summed E-state index contributed by atoms with van der Waals surface area (Å²) < 4.78 is 39.0. The Morgan fingerprint density at radius 1 is 1.40 bits per heavy atom. The van der Waals surface area contributed by atoms with Crippen LogP contribution in [0.15, 0.2) is 18.2 Å². The van der Waals surface area contributed by atoms with Gasteiger partial charge in [0.05, 0.1) is 16.9 Å². The van der Waals surface area contributed by atoms with Crippen LogP contribution in [0.4, 0.5) is 29.3 Å². The molecule has 0 unspecified atom stereocenters. The third kappa shape index (κ3) is 2.79. The number of hydrogen-bond acceptors (Lipinski definition) is 3. The molecule has 1 aromatic carbocycles. The lowest BCUT2D eigenvalue weighted by Crippen LogP contribution is -2.36. The van der Waals surface area contributed by atoms with Gasteiger partial charge in [-0.1, -0.05) is 0 Å². The third-order valence-corrected chi connectivity index (χ3v) is 3.25. The minimum Gasteiger partial charge on any atom is -0.464 e. The molecule has 1 aliphatic carbocycles. The van der Waals surface area contributed by atoms with E-state index in [1.54, 1.807) is 7.05 Å². The molecule has 0 aliphatic heterocycles. The van der Waals surface area contributed by atoms with Gasteiger partial charge in [-0.15, -0.1) is 0 Å². The van der Waals surface area contributed by atoms with Gasteiger partial charge < -0.3 is 10.0 Å². The van der Waals surface area contributed by atoms with E-state index in [0.29, 0.717) is 5.01 Å². The van der Waals surface area contributed by atoms with Crippen molar-refractivity contribution in [3.8, 4) is 0 Å². The Morgan fingerprint density at radius 3 is 2.45 bits per heavy atom. The maximum atomic E-state index is 13.0. The molecule has 0 radical (unpaired) electrons. The van der Waals surface area contributed by atoms with Crippen molar-refractivity contribution in [3.05, 3.63) is 23.8 Å². The van der Waals surface area contributed by atoms with Gasteiger partial charge in [0.1, 0.15) is 0 Å². The Hall–Kier alpha value is -1.96. The van der Waals surface area contributed by atoms with Crippen LogP contribution in [-0.4, -0.2) is 24.3 Å². The van der Waals surface area contributed by atoms with Crippen molar-refractivity contribution in [1.29, 1.82) is 0 Å². The van der Waals surface area contributed by atoms with Crippen molar-refractivity contribution in [2.45, 2.75) is 25.1 Å². The quantitative estimate of drug-likeness (QED) is 0.510. The lowest BCUT2D eigenvalue weighted by molar-refractivity contribution is -0.137. The molecule has 1 fully saturated rings. The first-order chi connectivity index (χ1) is 9.21. The Balaban J connectivity index is 2.46. The van der Waals surface area contributed by atoms with E-state index in [4.69, 9.17) is 10.9 Å². The smallest absolute Gasteiger partial charge is 0.426 e. The molecule has 110 valence electrons. The summed E-state index contributed by atoms with van der Waals surface area (Å²) in [6.45, 7) is 0. The molecule has 20 heavy (non-hydrogen) atoms. The molecular weight excluding hydrogens is 275 g/mol. The SMILES string of the molecule is CN(c1cc(N(N)C(=O)O)ccc1C(F)(F)F)C1CC1. The maximum absolute atomic E-state index is 13.0. The minimum atomic E-state index is -4.50. The molecule has 3 N–H and O–H groups in total. The molecule has 8 heteroatoms. The van der Waals surface area contributed by atoms with E-state index in [1.165, 1.54) is 4.90 Å². The van der Waals surface area contributed by atoms with Gasteiger partial charge in [0.25, 0.3) is 0 Å². The van der Waals surface area contributed by atoms with Gasteiger partial charge in [-0.3, -0.25) is 0 Å². The van der Waals surface area contributed by atoms with Crippen LogP contribution in [0, 0.1) is 0 Å². The minimum absolute atomic E-state index is 0.00648. The van der Waals surface area contributed by atoms with E-state index in [1.807, 2.05) is 0 Å². The maximum Gasteiger partial charge on any atom is 0.426 e. The first kappa shape index (κ1) is 14.4. The highest BCUT2D eigenvalue weighted by Gasteiger charge is 2.37. The van der Waals surface area contributed by atoms with Crippen molar-refractivity contribution in [2.75, 3.05) is 17.0 Å². The molecule has 1 amide bonds. The number of carbonyl (C=O) groups is 1. The Bertz CT molecular complexity index is 529. The molecule has 0 atom stereocenters. The van der Waals surface area contributed by atoms with Gasteiger partial charge in [-0.05, 0) is 31.0 Å². The molecule has 0 bridgehead atoms. The van der Waals surface area contributed by atoms with Crippen LogP contribution in [0.2, 0.25) is 0 Å². The largest absolute Gasteiger partial charge is 0.464 e. The highest BCUT2D eigenvalue weighted by atomic mass is 19.4. The van der Waals surface area contributed by atoms with E-state index >= 15 is 0 Å². The van der Waals surface area contributed by atoms with Crippen molar-refractivity contribution in [3.63, 3.8) is 0 Å². The van der Waals surface area contributed by atoms with E-state index in [9.17, 15) is 18.0 Å². The number of carboxylic acid groups (broad SMARTS) is 1. The Kier molecular flexibility index (Phi) is 3.51. The van der Waals surface area contributed by atoms with Crippen molar-refractivity contribution >= 4 is 17.5 Å². The number of hydrazine groups is 1. The van der Waals surface area contributed by atoms with Crippen LogP contribution in [0.3, 0.4) is 0 Å². The normalized spacial score (nSPS) is 15.1. The second kappa shape index (κ2) is 4.86. The zero-order valence-corrected chi connectivity index (χ0v) is 10.7. The van der Waals surface area contributed by atoms with Crippen LogP contribution in [-0.2, 0) is 6.18 Å². The molecule has 0 spiro atoms. The summed E-state index contributed by atoms with van der Waals surface area (Å²) in [7, 11) is 1.56. The molecule has 5 nitrogen and oxygen atoms in total. The average Bonchev–Trinajstić information content (AvgIpc) is 3.19. The number of rotatable bonds is 3. The number of anilines is 2. The monoisotopic (exact) mass is 289 g/mol. The second-order valence-corrected chi connectivity index (χ2v) is 4.69. The zero-order chi connectivity index (χ0) is 15.1. The van der Waals surface area contributed by atoms with Gasteiger partial charge >= 0.3 is 12.3 Å². The molecular formula is C12H14F3N3O2. The number of benzene rings is 1. The van der Waals surface area contributed by atoms with Gasteiger partial charge in [-0.2, -0.15) is 13.2 Å². The number of halogens is 3. The summed E-state index contributed by atoms with van der Waals surface area (Å²) in [5.41, 5.74) is -0.864. The fraction of sp³-hybridized carbons (Fsp3) is 0.417. The lowest BCUT2D eigenvalue weighted by atomic mass is 10.1. The first-order valence-electron chi connectivity index (χ1n) is 5.93. The predicted octanol–water partition coefficient (Wildman–Crippen LogP) is 2.66. The number of nitrogens with two attached hydrogens (primary N) is 1. The van der Waals surface area contributed by atoms with E-state index in [2.05, 4.69) is 0 Å². The standard InChI is InChI=1S/C12H14F3N3O2/c1-17(7-2-3-7)10-6-8(18(16)11(19)20)4-5-9(10)12(13,14)15/h4-7H,2-3,16H2,1H3,(H,19,20). The zero-order valence-electron chi connectivity index (χ0n) is 10.7. The molecule has 0 aromatic heterocycles. The highest BCUT2D eigenvalue weighted by molar-refractivity contribution is 5.85. The van der Waals surface area contributed by atoms with Crippen LogP contribution >= 0.6 is 0 Å². The average molecular weight is 289 g/mol. The van der Waals surface area contributed by atoms with E-state index in [0.717, 1.165) is 31.0 Å². The molecule has 1 aromatic rings. The first-order valence-corrected chi connectivity index (χ1v) is 5.93. The van der Waals surface area contributed by atoms with Crippen LogP contribution in [0.5, 0.6) is 0 Å². The molecule has 0 heterocycles. The number of hydrogen-bond donors (Lipinski definition) is 2. The summed E-state index contributed by atoms with van der Waals surface area (Å²) in [5, 5.41) is 9.17. The van der Waals surface area contributed by atoms with Crippen LogP contribution in [0.25, 0.3) is 0 Å². The number of alkyl halides is 3. The fourth-order valence-corrected chi connectivity index (χ4v) is 1.97. The van der Waals surface area contributed by atoms with Gasteiger partial charge in [0.2, 0.25) is 0 Å². The van der Waals surface area contributed by atoms with Crippen molar-refractivity contribution in [2.24, 2.45) is 5.84 Å². The van der Waals surface area contributed by atoms with Crippen LogP contribution < -0.4 is 15.8 Å². The molecule has 0 saturated heterocycles. The summed E-state index contributed by atoms with van der Waals surface area (Å²) in [6, 6.07) is 3.10. The van der Waals surface area contributed by atoms with Gasteiger partial charge in [0, 0.05) is 13.1 Å². The fourth-order valence-electron chi connectivity index (χ4n) is 1.97. The summed E-state index contributed by atoms with van der Waals surface area (Å²) in [5.74, 6) is 5.29. The molecule has 1 aliphatic rings. The number of nitrogens with zero attached hydrogens (tertiary/aromatic N) is 2. The van der Waals surface area contributed by atoms with Gasteiger partial charge in [-0.25, -0.2) is 15.6 Å². The second-order valence-electron chi connectivity index (χ2n) is 4.69. The highest BCUT2D eigenvalue weighted by Crippen LogP contribution is 2.41. The molecule has 2 rings (SSSR count). The molecule has 1 saturated carbocycles. The third-order valence-electron chi connectivity index (χ3n) is 3.25. The Morgan fingerprint density at radius 2 is 2.00 bits per heavy atom. The summed E-state index contributed by atoms with van der Waals surface area (Å²) in [4.78, 5) is 12.3. The van der Waals surface area contributed by atoms with Crippen molar-refractivity contribution < 1.29 is 23.1 Å². The van der Waals surface area contributed by atoms with E-state index in [-0.39, 0.29) is 17.4 Å². The lowest BCUT2D eigenvalue weighted by Gasteiger charge is -2.25. The van der Waals surface area contributed by atoms with Gasteiger partial charge in [0.15, 0.2) is 0 Å². The van der Waals surface area contributed by atoms with Crippen LogP contribution in [0.1, 0.15) is 18.4 Å². The van der Waals surface area contributed by atoms with Crippen molar-refractivity contribution in [1.82, 2.24) is 0 Å².